The highest BCUT2D eigenvalue weighted by Crippen LogP contribution is 2.32. The second-order valence-electron chi connectivity index (χ2n) is 8.38. The Morgan fingerprint density at radius 1 is 1.09 bits per heavy atom. The number of anilines is 1. The first-order valence-electron chi connectivity index (χ1n) is 11.5. The molecule has 2 aromatic heterocycles. The number of piperazine rings is 1. The van der Waals surface area contributed by atoms with E-state index in [0.29, 0.717) is 26.2 Å². The number of aryl methyl sites for hydroxylation is 1. The number of hydrogen-bond acceptors (Lipinski definition) is 5. The average molecular weight is 479 g/mol. The Kier molecular flexibility index (Phi) is 6.24. The molecule has 0 unspecified atom stereocenters. The van der Waals surface area contributed by atoms with Crippen molar-refractivity contribution in [3.05, 3.63) is 76.5 Å². The molecule has 4 aromatic rings. The number of benzene rings is 2. The first-order chi connectivity index (χ1) is 16.5. The average Bonchev–Trinajstić information content (AvgIpc) is 3.42. The SMILES string of the molecule is CCOc1ccccc1N1CCN(C(=O)c2cc3c(C)nn(Cc4ccc(F)cc4)c3s2)CC1. The predicted octanol–water partition coefficient (Wildman–Crippen LogP) is 4.95. The Labute approximate surface area is 202 Å². The van der Waals surface area contributed by atoms with E-state index in [1.807, 2.05) is 47.7 Å². The molecule has 1 aliphatic heterocycles. The number of rotatable bonds is 6. The number of aromatic nitrogens is 2. The van der Waals surface area contributed by atoms with Crippen molar-refractivity contribution >= 4 is 33.1 Å². The number of carbonyl (C=O) groups excluding carboxylic acids is 1. The van der Waals surface area contributed by atoms with Crippen molar-refractivity contribution in [2.75, 3.05) is 37.7 Å². The molecule has 0 atom stereocenters. The van der Waals surface area contributed by atoms with Gasteiger partial charge in [-0.05, 0) is 49.7 Å². The maximum atomic E-state index is 13.3. The molecule has 2 aromatic carbocycles. The molecule has 0 saturated carbocycles. The van der Waals surface area contributed by atoms with E-state index in [0.717, 1.165) is 50.9 Å². The van der Waals surface area contributed by atoms with Crippen LogP contribution in [-0.2, 0) is 6.54 Å². The first-order valence-corrected chi connectivity index (χ1v) is 12.3. The summed E-state index contributed by atoms with van der Waals surface area (Å²) >= 11 is 1.48. The summed E-state index contributed by atoms with van der Waals surface area (Å²) < 4.78 is 20.9. The monoisotopic (exact) mass is 478 g/mol. The third-order valence-electron chi connectivity index (χ3n) is 6.14. The quantitative estimate of drug-likeness (QED) is 0.393. The fourth-order valence-corrected chi connectivity index (χ4v) is 5.52. The molecule has 0 spiro atoms. The molecule has 1 amide bonds. The summed E-state index contributed by atoms with van der Waals surface area (Å²) in [5, 5.41) is 5.64. The van der Waals surface area contributed by atoms with Crippen molar-refractivity contribution in [1.82, 2.24) is 14.7 Å². The Morgan fingerprint density at radius 3 is 2.56 bits per heavy atom. The molecule has 0 aliphatic carbocycles. The van der Waals surface area contributed by atoms with Crippen LogP contribution in [-0.4, -0.2) is 53.4 Å². The lowest BCUT2D eigenvalue weighted by Crippen LogP contribution is -2.48. The van der Waals surface area contributed by atoms with Gasteiger partial charge < -0.3 is 14.5 Å². The van der Waals surface area contributed by atoms with Crippen LogP contribution < -0.4 is 9.64 Å². The number of thiophene rings is 1. The summed E-state index contributed by atoms with van der Waals surface area (Å²) in [4.78, 5) is 19.2. The molecule has 176 valence electrons. The molecule has 6 nitrogen and oxygen atoms in total. The molecule has 1 saturated heterocycles. The zero-order valence-corrected chi connectivity index (χ0v) is 20.1. The molecule has 1 aliphatic rings. The molecule has 3 heterocycles. The standard InChI is InChI=1S/C26H27FN4O2S/c1-3-33-23-7-5-4-6-22(23)29-12-14-30(15-13-29)25(32)24-16-21-18(2)28-31(26(21)34-24)17-19-8-10-20(27)11-9-19/h4-11,16H,3,12-15,17H2,1-2H3. The van der Waals surface area contributed by atoms with Crippen LogP contribution in [0.5, 0.6) is 5.75 Å². The van der Waals surface area contributed by atoms with Gasteiger partial charge in [-0.1, -0.05) is 24.3 Å². The minimum absolute atomic E-state index is 0.0617. The number of ether oxygens (including phenoxy) is 1. The smallest absolute Gasteiger partial charge is 0.264 e. The van der Waals surface area contributed by atoms with E-state index in [-0.39, 0.29) is 11.7 Å². The first kappa shape index (κ1) is 22.4. The molecule has 0 radical (unpaired) electrons. The number of carbonyl (C=O) groups is 1. The van der Waals surface area contributed by atoms with Crippen molar-refractivity contribution < 1.29 is 13.9 Å². The Hall–Kier alpha value is -3.39. The Bertz CT molecular complexity index is 1310. The van der Waals surface area contributed by atoms with Crippen molar-refractivity contribution in [3.63, 3.8) is 0 Å². The van der Waals surface area contributed by atoms with E-state index >= 15 is 0 Å². The fourth-order valence-electron chi connectivity index (χ4n) is 4.39. The summed E-state index contributed by atoms with van der Waals surface area (Å²) in [5.41, 5.74) is 2.94. The largest absolute Gasteiger partial charge is 0.492 e. The third-order valence-corrected chi connectivity index (χ3v) is 7.27. The Morgan fingerprint density at radius 2 is 1.82 bits per heavy atom. The van der Waals surface area contributed by atoms with Gasteiger partial charge in [0.05, 0.1) is 29.4 Å². The second kappa shape index (κ2) is 9.46. The van der Waals surface area contributed by atoms with Crippen molar-refractivity contribution in [1.29, 1.82) is 0 Å². The van der Waals surface area contributed by atoms with E-state index in [4.69, 9.17) is 4.74 Å². The van der Waals surface area contributed by atoms with Crippen LogP contribution in [0.25, 0.3) is 10.2 Å². The van der Waals surface area contributed by atoms with Crippen LogP contribution in [0.2, 0.25) is 0 Å². The van der Waals surface area contributed by atoms with Crippen molar-refractivity contribution in [3.8, 4) is 5.75 Å². The van der Waals surface area contributed by atoms with Gasteiger partial charge in [0.25, 0.3) is 5.91 Å². The van der Waals surface area contributed by atoms with Crippen LogP contribution in [0.4, 0.5) is 10.1 Å². The third kappa shape index (κ3) is 4.37. The Balaban J connectivity index is 1.30. The van der Waals surface area contributed by atoms with Gasteiger partial charge in [-0.15, -0.1) is 11.3 Å². The highest BCUT2D eigenvalue weighted by Gasteiger charge is 2.26. The van der Waals surface area contributed by atoms with Gasteiger partial charge in [-0.2, -0.15) is 5.10 Å². The zero-order valence-electron chi connectivity index (χ0n) is 19.3. The van der Waals surface area contributed by atoms with Gasteiger partial charge in [0.15, 0.2) is 0 Å². The number of para-hydroxylation sites is 2. The molecule has 8 heteroatoms. The molecular formula is C26H27FN4O2S. The van der Waals surface area contributed by atoms with Gasteiger partial charge >= 0.3 is 0 Å². The molecule has 5 rings (SSSR count). The summed E-state index contributed by atoms with van der Waals surface area (Å²) in [5.74, 6) is 0.693. The molecular weight excluding hydrogens is 451 g/mol. The highest BCUT2D eigenvalue weighted by atomic mass is 32.1. The van der Waals surface area contributed by atoms with Gasteiger partial charge in [0.1, 0.15) is 16.4 Å². The van der Waals surface area contributed by atoms with Crippen LogP contribution in [0.15, 0.2) is 54.6 Å². The van der Waals surface area contributed by atoms with Gasteiger partial charge in [-0.25, -0.2) is 4.39 Å². The molecule has 34 heavy (non-hydrogen) atoms. The maximum Gasteiger partial charge on any atom is 0.264 e. The number of halogens is 1. The van der Waals surface area contributed by atoms with E-state index in [1.54, 1.807) is 12.1 Å². The minimum atomic E-state index is -0.254. The maximum absolute atomic E-state index is 13.3. The topological polar surface area (TPSA) is 50.6 Å². The van der Waals surface area contributed by atoms with Crippen LogP contribution in [0.1, 0.15) is 27.9 Å². The van der Waals surface area contributed by atoms with Crippen molar-refractivity contribution in [2.24, 2.45) is 0 Å². The lowest BCUT2D eigenvalue weighted by Gasteiger charge is -2.36. The van der Waals surface area contributed by atoms with Crippen LogP contribution in [0.3, 0.4) is 0 Å². The highest BCUT2D eigenvalue weighted by molar-refractivity contribution is 7.20. The van der Waals surface area contributed by atoms with E-state index in [2.05, 4.69) is 16.1 Å². The zero-order chi connectivity index (χ0) is 23.7. The van der Waals surface area contributed by atoms with Gasteiger partial charge in [0, 0.05) is 31.6 Å². The lowest BCUT2D eigenvalue weighted by atomic mass is 10.2. The predicted molar refractivity (Wildman–Crippen MR) is 134 cm³/mol. The van der Waals surface area contributed by atoms with E-state index < -0.39 is 0 Å². The minimum Gasteiger partial charge on any atom is -0.492 e. The summed E-state index contributed by atoms with van der Waals surface area (Å²) in [6, 6.07) is 16.5. The summed E-state index contributed by atoms with van der Waals surface area (Å²) in [6.45, 7) is 7.95. The number of amides is 1. The number of fused-ring (bicyclic) bond motifs is 1. The van der Waals surface area contributed by atoms with Gasteiger partial charge in [-0.3, -0.25) is 9.48 Å². The number of nitrogens with zero attached hydrogens (tertiary/aromatic N) is 4. The van der Waals surface area contributed by atoms with E-state index in [1.165, 1.54) is 23.5 Å². The normalized spacial score (nSPS) is 14.1. The molecule has 0 N–H and O–H groups in total. The van der Waals surface area contributed by atoms with E-state index in [9.17, 15) is 9.18 Å². The summed E-state index contributed by atoms with van der Waals surface area (Å²) in [7, 11) is 0. The summed E-state index contributed by atoms with van der Waals surface area (Å²) in [6.07, 6.45) is 0. The van der Waals surface area contributed by atoms with Gasteiger partial charge in [0.2, 0.25) is 0 Å². The van der Waals surface area contributed by atoms with Crippen molar-refractivity contribution in [2.45, 2.75) is 20.4 Å². The molecule has 0 bridgehead atoms. The number of hydrogen-bond donors (Lipinski definition) is 0. The molecule has 1 fully saturated rings. The van der Waals surface area contributed by atoms with Crippen LogP contribution >= 0.6 is 11.3 Å². The van der Waals surface area contributed by atoms with Crippen LogP contribution in [0, 0.1) is 12.7 Å². The second-order valence-corrected chi connectivity index (χ2v) is 9.41. The lowest BCUT2D eigenvalue weighted by molar-refractivity contribution is 0.0751. The fraction of sp³-hybridized carbons (Fsp3) is 0.308.